The largest absolute Gasteiger partial charge is 0.493 e. The average Bonchev–Trinajstić information content (AvgIpc) is 2.11. The van der Waals surface area contributed by atoms with Crippen molar-refractivity contribution in [2.45, 2.75) is 20.8 Å². The second-order valence-corrected chi connectivity index (χ2v) is 4.22. The fraction of sp³-hybridized carbons (Fsp3) is 0.364. The summed E-state index contributed by atoms with van der Waals surface area (Å²) in [6.07, 6.45) is 0. The molecule has 0 aliphatic carbocycles. The number of hydrogen-bond acceptors (Lipinski definition) is 2. The van der Waals surface area contributed by atoms with Gasteiger partial charge in [-0.05, 0) is 55.0 Å². The van der Waals surface area contributed by atoms with E-state index < -0.39 is 0 Å². The molecule has 0 N–H and O–H groups in total. The molecule has 1 aromatic carbocycles. The van der Waals surface area contributed by atoms with Crippen molar-refractivity contribution < 1.29 is 9.53 Å². The Kier molecular flexibility index (Phi) is 3.92. The minimum absolute atomic E-state index is 0.0570. The summed E-state index contributed by atoms with van der Waals surface area (Å²) in [6, 6.07) is 3.91. The van der Waals surface area contributed by atoms with Crippen LogP contribution in [0.25, 0.3) is 0 Å². The van der Waals surface area contributed by atoms with Crippen molar-refractivity contribution in [1.29, 1.82) is 0 Å². The number of benzene rings is 1. The first-order valence-electron chi connectivity index (χ1n) is 4.50. The van der Waals surface area contributed by atoms with E-state index in [1.54, 1.807) is 6.92 Å². The lowest BCUT2D eigenvalue weighted by Gasteiger charge is -2.12. The molecule has 0 saturated carbocycles. The Bertz CT molecular complexity index is 359. The summed E-state index contributed by atoms with van der Waals surface area (Å²) < 4.78 is 6.43. The van der Waals surface area contributed by atoms with Crippen LogP contribution in [0.2, 0.25) is 0 Å². The minimum atomic E-state index is 0.0570. The van der Waals surface area contributed by atoms with Gasteiger partial charge in [0.1, 0.15) is 5.75 Å². The summed E-state index contributed by atoms with van der Waals surface area (Å²) in [4.78, 5) is 11.4. The number of carbonyl (C=O) groups excluding carboxylic acids is 1. The van der Waals surface area contributed by atoms with Crippen LogP contribution >= 0.6 is 22.6 Å². The summed E-state index contributed by atoms with van der Waals surface area (Å²) in [5.74, 6) is 0.786. The van der Waals surface area contributed by atoms with E-state index in [0.29, 0.717) is 12.2 Å². The zero-order chi connectivity index (χ0) is 10.7. The number of aryl methyl sites for hydroxylation is 1. The van der Waals surface area contributed by atoms with E-state index in [4.69, 9.17) is 4.74 Å². The Labute approximate surface area is 97.8 Å². The van der Waals surface area contributed by atoms with E-state index in [9.17, 15) is 4.79 Å². The molecule has 0 aliphatic rings. The molecule has 0 spiro atoms. The highest BCUT2D eigenvalue weighted by atomic mass is 127. The predicted octanol–water partition coefficient (Wildman–Crippen LogP) is 3.20. The summed E-state index contributed by atoms with van der Waals surface area (Å²) in [5.41, 5.74) is 1.71. The maximum atomic E-state index is 11.4. The van der Waals surface area contributed by atoms with Crippen LogP contribution in [0.15, 0.2) is 12.1 Å². The zero-order valence-electron chi connectivity index (χ0n) is 8.56. The van der Waals surface area contributed by atoms with Crippen molar-refractivity contribution in [3.8, 4) is 5.75 Å². The van der Waals surface area contributed by atoms with Gasteiger partial charge in [0.2, 0.25) is 0 Å². The lowest BCUT2D eigenvalue weighted by Crippen LogP contribution is -2.04. The van der Waals surface area contributed by atoms with Gasteiger partial charge in [0.05, 0.1) is 12.2 Å². The summed E-state index contributed by atoms with van der Waals surface area (Å²) >= 11 is 2.16. The zero-order valence-corrected chi connectivity index (χ0v) is 10.7. The van der Waals surface area contributed by atoms with Crippen LogP contribution in [0.1, 0.15) is 29.8 Å². The number of ketones is 1. The average molecular weight is 304 g/mol. The number of carbonyl (C=O) groups is 1. The Morgan fingerprint density at radius 2 is 2.14 bits per heavy atom. The highest BCUT2D eigenvalue weighted by Crippen LogP contribution is 2.28. The van der Waals surface area contributed by atoms with E-state index >= 15 is 0 Å². The normalized spacial score (nSPS) is 10.0. The van der Waals surface area contributed by atoms with Crippen LogP contribution in [-0.2, 0) is 0 Å². The molecule has 0 fully saturated rings. The van der Waals surface area contributed by atoms with Crippen LogP contribution in [0.4, 0.5) is 0 Å². The van der Waals surface area contributed by atoms with Crippen LogP contribution < -0.4 is 4.74 Å². The van der Waals surface area contributed by atoms with Gasteiger partial charge >= 0.3 is 0 Å². The number of ether oxygens (including phenoxy) is 1. The van der Waals surface area contributed by atoms with Crippen LogP contribution in [0.5, 0.6) is 5.75 Å². The molecule has 0 aromatic heterocycles. The van der Waals surface area contributed by atoms with Gasteiger partial charge < -0.3 is 4.74 Å². The molecular formula is C11H13IO2. The van der Waals surface area contributed by atoms with E-state index in [0.717, 1.165) is 14.9 Å². The van der Waals surface area contributed by atoms with Gasteiger partial charge in [-0.25, -0.2) is 0 Å². The Balaban J connectivity index is 3.33. The first-order chi connectivity index (χ1) is 6.57. The first kappa shape index (κ1) is 11.5. The van der Waals surface area contributed by atoms with Gasteiger partial charge in [-0.3, -0.25) is 4.79 Å². The Morgan fingerprint density at radius 1 is 1.50 bits per heavy atom. The van der Waals surface area contributed by atoms with Crippen LogP contribution in [-0.4, -0.2) is 12.4 Å². The molecule has 0 atom stereocenters. The van der Waals surface area contributed by atoms with Crippen molar-refractivity contribution >= 4 is 28.4 Å². The fourth-order valence-electron chi connectivity index (χ4n) is 1.32. The first-order valence-corrected chi connectivity index (χ1v) is 5.58. The number of Topliss-reactive ketones (excluding diaryl/α,β-unsaturated/α-hetero) is 1. The van der Waals surface area contributed by atoms with E-state index in [2.05, 4.69) is 22.6 Å². The number of halogens is 1. The van der Waals surface area contributed by atoms with Gasteiger partial charge in [0.15, 0.2) is 5.78 Å². The van der Waals surface area contributed by atoms with Gasteiger partial charge in [-0.2, -0.15) is 0 Å². The molecular weight excluding hydrogens is 291 g/mol. The fourth-order valence-corrected chi connectivity index (χ4v) is 2.13. The number of hydrogen-bond donors (Lipinski definition) is 0. The van der Waals surface area contributed by atoms with Crippen molar-refractivity contribution in [3.63, 3.8) is 0 Å². The Hall–Kier alpha value is -0.580. The minimum Gasteiger partial charge on any atom is -0.493 e. The molecule has 0 saturated heterocycles. The lowest BCUT2D eigenvalue weighted by atomic mass is 10.1. The maximum absolute atomic E-state index is 11.4. The third-order valence-electron chi connectivity index (χ3n) is 1.94. The van der Waals surface area contributed by atoms with E-state index in [1.807, 2.05) is 26.0 Å². The molecule has 0 radical (unpaired) electrons. The number of rotatable bonds is 3. The second-order valence-electron chi connectivity index (χ2n) is 3.06. The monoisotopic (exact) mass is 304 g/mol. The van der Waals surface area contributed by atoms with Crippen LogP contribution in [0, 0.1) is 10.5 Å². The summed E-state index contributed by atoms with van der Waals surface area (Å²) in [7, 11) is 0. The van der Waals surface area contributed by atoms with Crippen molar-refractivity contribution in [3.05, 3.63) is 26.8 Å². The third kappa shape index (κ3) is 2.26. The summed E-state index contributed by atoms with van der Waals surface area (Å²) in [6.45, 7) is 6.03. The molecule has 0 heterocycles. The highest BCUT2D eigenvalue weighted by molar-refractivity contribution is 14.1. The standard InChI is InChI=1S/C11H13IO2/c1-4-14-11-7(2)5-6-9(12)10(11)8(3)13/h5-6H,4H2,1-3H3. The third-order valence-corrected chi connectivity index (χ3v) is 2.84. The van der Waals surface area contributed by atoms with Gasteiger partial charge in [0.25, 0.3) is 0 Å². The molecule has 0 bridgehead atoms. The van der Waals surface area contributed by atoms with Crippen LogP contribution in [0.3, 0.4) is 0 Å². The smallest absolute Gasteiger partial charge is 0.164 e. The highest BCUT2D eigenvalue weighted by Gasteiger charge is 2.14. The van der Waals surface area contributed by atoms with Crippen molar-refractivity contribution in [2.75, 3.05) is 6.61 Å². The molecule has 76 valence electrons. The van der Waals surface area contributed by atoms with Gasteiger partial charge in [-0.15, -0.1) is 0 Å². The lowest BCUT2D eigenvalue weighted by molar-refractivity contribution is 0.101. The molecule has 0 aliphatic heterocycles. The van der Waals surface area contributed by atoms with Crippen molar-refractivity contribution in [2.24, 2.45) is 0 Å². The SMILES string of the molecule is CCOc1c(C)ccc(I)c1C(C)=O. The quantitative estimate of drug-likeness (QED) is 0.633. The predicted molar refractivity (Wildman–Crippen MR) is 65.1 cm³/mol. The second kappa shape index (κ2) is 4.77. The molecule has 14 heavy (non-hydrogen) atoms. The molecule has 3 heteroatoms. The van der Waals surface area contributed by atoms with E-state index in [1.165, 1.54) is 0 Å². The molecule has 0 amide bonds. The molecule has 2 nitrogen and oxygen atoms in total. The maximum Gasteiger partial charge on any atom is 0.164 e. The molecule has 1 aromatic rings. The molecule has 1 rings (SSSR count). The van der Waals surface area contributed by atoms with Gasteiger partial charge in [-0.1, -0.05) is 6.07 Å². The van der Waals surface area contributed by atoms with Crippen molar-refractivity contribution in [1.82, 2.24) is 0 Å². The molecule has 0 unspecified atom stereocenters. The van der Waals surface area contributed by atoms with E-state index in [-0.39, 0.29) is 5.78 Å². The topological polar surface area (TPSA) is 26.3 Å². The summed E-state index contributed by atoms with van der Waals surface area (Å²) in [5, 5.41) is 0. The Morgan fingerprint density at radius 3 is 2.64 bits per heavy atom. The van der Waals surface area contributed by atoms with Gasteiger partial charge in [0, 0.05) is 3.57 Å².